The molecule has 0 bridgehead atoms. The van der Waals surface area contributed by atoms with Gasteiger partial charge >= 0.3 is 11.9 Å². The monoisotopic (exact) mass is 238 g/mol. The lowest BCUT2D eigenvalue weighted by molar-refractivity contribution is -0.159. The van der Waals surface area contributed by atoms with Crippen molar-refractivity contribution in [2.75, 3.05) is 14.2 Å². The average Bonchev–Trinajstić information content (AvgIpc) is 2.36. The summed E-state index contributed by atoms with van der Waals surface area (Å²) in [7, 11) is 2.46. The molecule has 17 heavy (non-hydrogen) atoms. The average molecular weight is 238 g/mol. The summed E-state index contributed by atoms with van der Waals surface area (Å²) in [5.74, 6) is -2.73. The molecule has 4 nitrogen and oxygen atoms in total. The Morgan fingerprint density at radius 1 is 1.12 bits per heavy atom. The van der Waals surface area contributed by atoms with Gasteiger partial charge in [-0.3, -0.25) is 9.59 Å². The van der Waals surface area contributed by atoms with Crippen molar-refractivity contribution in [3.63, 3.8) is 0 Å². The van der Waals surface area contributed by atoms with Crippen LogP contribution in [-0.2, 0) is 19.1 Å². The third kappa shape index (κ3) is 4.68. The molecule has 1 atom stereocenters. The zero-order valence-electron chi connectivity index (χ0n) is 10.4. The predicted octanol–water partition coefficient (Wildman–Crippen LogP) is 1.88. The Balaban J connectivity index is 5.04. The number of allylic oxidation sites excluding steroid dienone is 5. The number of esters is 2. The van der Waals surface area contributed by atoms with Gasteiger partial charge in [0.2, 0.25) is 0 Å². The van der Waals surface area contributed by atoms with Crippen LogP contribution in [-0.4, -0.2) is 26.2 Å². The van der Waals surface area contributed by atoms with Crippen molar-refractivity contribution in [1.29, 1.82) is 0 Å². The smallest absolute Gasteiger partial charge is 0.320 e. The first-order valence-corrected chi connectivity index (χ1v) is 5.20. The van der Waals surface area contributed by atoms with Crippen LogP contribution in [0.3, 0.4) is 0 Å². The third-order valence-corrected chi connectivity index (χ3v) is 2.20. The summed E-state index contributed by atoms with van der Waals surface area (Å²) in [6.07, 6.45) is 8.58. The maximum atomic E-state index is 11.5. The van der Waals surface area contributed by atoms with Crippen molar-refractivity contribution < 1.29 is 19.1 Å². The normalized spacial score (nSPS) is 12.9. The van der Waals surface area contributed by atoms with Crippen LogP contribution < -0.4 is 0 Å². The summed E-state index contributed by atoms with van der Waals surface area (Å²) in [6, 6.07) is 0. The third-order valence-electron chi connectivity index (χ3n) is 2.20. The minimum absolute atomic E-state index is 0.453. The summed E-state index contributed by atoms with van der Waals surface area (Å²) in [6.45, 7) is 5.47. The fraction of sp³-hybridized carbons (Fsp3) is 0.385. The highest BCUT2D eigenvalue weighted by Gasteiger charge is 2.33. The van der Waals surface area contributed by atoms with Gasteiger partial charge in [-0.2, -0.15) is 0 Å². The molecule has 0 rings (SSSR count). The van der Waals surface area contributed by atoms with Gasteiger partial charge in [0.25, 0.3) is 0 Å². The number of hydrogen-bond acceptors (Lipinski definition) is 4. The number of ether oxygens (including phenoxy) is 2. The molecule has 0 aromatic carbocycles. The predicted molar refractivity (Wildman–Crippen MR) is 65.2 cm³/mol. The van der Waals surface area contributed by atoms with Crippen molar-refractivity contribution in [2.24, 2.45) is 11.8 Å². The fourth-order valence-corrected chi connectivity index (χ4v) is 1.29. The molecule has 0 aliphatic carbocycles. The highest BCUT2D eigenvalue weighted by Crippen LogP contribution is 2.18. The van der Waals surface area contributed by atoms with Crippen LogP contribution in [0.1, 0.15) is 6.92 Å². The second-order valence-electron chi connectivity index (χ2n) is 3.25. The molecule has 4 heteroatoms. The van der Waals surface area contributed by atoms with Crippen LogP contribution in [0.5, 0.6) is 0 Å². The van der Waals surface area contributed by atoms with E-state index in [1.165, 1.54) is 20.3 Å². The van der Waals surface area contributed by atoms with Gasteiger partial charge in [-0.05, 0) is 6.92 Å². The Hall–Kier alpha value is -1.84. The first kappa shape index (κ1) is 15.2. The van der Waals surface area contributed by atoms with E-state index in [0.29, 0.717) is 0 Å². The van der Waals surface area contributed by atoms with E-state index in [9.17, 15) is 9.59 Å². The standard InChI is InChI=1S/C13H18O4/c1-5-7-8-9-10(6-2)11(12(14)16-3)13(15)17-4/h5-11H,2H2,1,3-4H3. The van der Waals surface area contributed by atoms with Crippen LogP contribution >= 0.6 is 0 Å². The number of carbonyl (C=O) groups is 2. The first-order valence-electron chi connectivity index (χ1n) is 5.20. The summed E-state index contributed by atoms with van der Waals surface area (Å²) in [5.41, 5.74) is 0. The Morgan fingerprint density at radius 3 is 2.00 bits per heavy atom. The van der Waals surface area contributed by atoms with Gasteiger partial charge in [-0.1, -0.05) is 30.4 Å². The lowest BCUT2D eigenvalue weighted by Gasteiger charge is -2.17. The number of methoxy groups -OCH3 is 2. The molecule has 0 fully saturated rings. The van der Waals surface area contributed by atoms with Crippen molar-refractivity contribution in [3.8, 4) is 0 Å². The van der Waals surface area contributed by atoms with Crippen molar-refractivity contribution in [1.82, 2.24) is 0 Å². The minimum atomic E-state index is -1.01. The van der Waals surface area contributed by atoms with Gasteiger partial charge < -0.3 is 9.47 Å². The van der Waals surface area contributed by atoms with E-state index in [1.54, 1.807) is 18.2 Å². The van der Waals surface area contributed by atoms with Crippen LogP contribution in [0.15, 0.2) is 37.0 Å². The molecule has 0 aliphatic rings. The SMILES string of the molecule is C=CC(C=CC=CC)C(C(=O)OC)C(=O)OC. The van der Waals surface area contributed by atoms with Crippen LogP contribution in [0.4, 0.5) is 0 Å². The highest BCUT2D eigenvalue weighted by atomic mass is 16.5. The maximum Gasteiger partial charge on any atom is 0.320 e. The second-order valence-corrected chi connectivity index (χ2v) is 3.25. The van der Waals surface area contributed by atoms with Gasteiger partial charge in [0.15, 0.2) is 5.92 Å². The first-order chi connectivity index (χ1) is 8.12. The Labute approximate surface area is 102 Å². The van der Waals surface area contributed by atoms with Gasteiger partial charge in [0, 0.05) is 5.92 Å². The lowest BCUT2D eigenvalue weighted by Crippen LogP contribution is -2.31. The molecule has 0 radical (unpaired) electrons. The summed E-state index contributed by atoms with van der Waals surface area (Å²) in [5, 5.41) is 0. The fourth-order valence-electron chi connectivity index (χ4n) is 1.29. The number of rotatable bonds is 6. The van der Waals surface area contributed by atoms with Gasteiger partial charge in [-0.15, -0.1) is 6.58 Å². The largest absolute Gasteiger partial charge is 0.468 e. The van der Waals surface area contributed by atoms with E-state index >= 15 is 0 Å². The Morgan fingerprint density at radius 2 is 1.65 bits per heavy atom. The van der Waals surface area contributed by atoms with Gasteiger partial charge in [-0.25, -0.2) is 0 Å². The molecule has 0 saturated carbocycles. The van der Waals surface area contributed by atoms with E-state index in [4.69, 9.17) is 0 Å². The maximum absolute atomic E-state index is 11.5. The molecule has 1 unspecified atom stereocenters. The van der Waals surface area contributed by atoms with E-state index < -0.39 is 23.8 Å². The van der Waals surface area contributed by atoms with E-state index in [0.717, 1.165) is 0 Å². The molecule has 0 aromatic heterocycles. The van der Waals surface area contributed by atoms with E-state index in [1.807, 2.05) is 13.0 Å². The van der Waals surface area contributed by atoms with Crippen molar-refractivity contribution in [2.45, 2.75) is 6.92 Å². The number of hydrogen-bond donors (Lipinski definition) is 0. The summed E-state index contributed by atoms with van der Waals surface area (Å²) in [4.78, 5) is 23.0. The summed E-state index contributed by atoms with van der Waals surface area (Å²) < 4.78 is 9.17. The number of carbonyl (C=O) groups excluding carboxylic acids is 2. The minimum Gasteiger partial charge on any atom is -0.468 e. The Bertz CT molecular complexity index is 312. The molecule has 0 amide bonds. The zero-order valence-corrected chi connectivity index (χ0v) is 10.4. The van der Waals surface area contributed by atoms with Crippen LogP contribution in [0.25, 0.3) is 0 Å². The van der Waals surface area contributed by atoms with E-state index in [2.05, 4.69) is 16.1 Å². The highest BCUT2D eigenvalue weighted by molar-refractivity contribution is 5.95. The summed E-state index contributed by atoms with van der Waals surface area (Å²) >= 11 is 0. The molecule has 94 valence electrons. The van der Waals surface area contributed by atoms with E-state index in [-0.39, 0.29) is 0 Å². The van der Waals surface area contributed by atoms with Crippen LogP contribution in [0.2, 0.25) is 0 Å². The quantitative estimate of drug-likeness (QED) is 0.307. The molecule has 0 heterocycles. The molecule has 0 aliphatic heterocycles. The molecule has 0 spiro atoms. The molecule has 0 N–H and O–H groups in total. The van der Waals surface area contributed by atoms with Gasteiger partial charge in [0.05, 0.1) is 14.2 Å². The molecular formula is C13H18O4. The second kappa shape index (κ2) is 8.33. The Kier molecular flexibility index (Phi) is 7.43. The molecular weight excluding hydrogens is 220 g/mol. The van der Waals surface area contributed by atoms with Crippen LogP contribution in [0, 0.1) is 11.8 Å². The molecule has 0 aromatic rings. The molecule has 0 saturated heterocycles. The lowest BCUT2D eigenvalue weighted by atomic mass is 9.92. The van der Waals surface area contributed by atoms with Gasteiger partial charge in [0.1, 0.15) is 0 Å². The zero-order chi connectivity index (χ0) is 13.3. The topological polar surface area (TPSA) is 52.6 Å². The van der Waals surface area contributed by atoms with Crippen molar-refractivity contribution >= 4 is 11.9 Å². The van der Waals surface area contributed by atoms with Crippen molar-refractivity contribution in [3.05, 3.63) is 37.0 Å².